The maximum Gasteiger partial charge on any atom is 0.152 e. The van der Waals surface area contributed by atoms with E-state index in [4.69, 9.17) is 5.73 Å². The molecule has 0 radical (unpaired) electrons. The van der Waals surface area contributed by atoms with Crippen LogP contribution in [-0.2, 0) is 13.2 Å². The van der Waals surface area contributed by atoms with Crippen molar-refractivity contribution in [2.45, 2.75) is 13.2 Å². The number of nitrogens with two attached hydrogens (primary N) is 1. The van der Waals surface area contributed by atoms with Gasteiger partial charge >= 0.3 is 0 Å². The van der Waals surface area contributed by atoms with Crippen molar-refractivity contribution >= 4 is 27.8 Å². The van der Waals surface area contributed by atoms with Crippen molar-refractivity contribution < 1.29 is 5.11 Å². The summed E-state index contributed by atoms with van der Waals surface area (Å²) in [7, 11) is 0. The first kappa shape index (κ1) is 13.7. The predicted octanol–water partition coefficient (Wildman–Crippen LogP) is 2.71. The van der Waals surface area contributed by atoms with Crippen LogP contribution < -0.4 is 5.73 Å². The summed E-state index contributed by atoms with van der Waals surface area (Å²) >= 11 is 0. The molecule has 2 aromatic carbocycles. The van der Waals surface area contributed by atoms with E-state index in [1.807, 2.05) is 47.0 Å². The van der Waals surface area contributed by atoms with Gasteiger partial charge in [0.2, 0.25) is 0 Å². The molecular weight excluding hydrogens is 288 g/mol. The molecule has 23 heavy (non-hydrogen) atoms. The van der Waals surface area contributed by atoms with Gasteiger partial charge in [-0.25, -0.2) is 9.97 Å². The molecule has 0 bridgehead atoms. The van der Waals surface area contributed by atoms with Crippen molar-refractivity contribution in [3.8, 4) is 0 Å². The fourth-order valence-electron chi connectivity index (χ4n) is 2.96. The van der Waals surface area contributed by atoms with Gasteiger partial charge in [0.1, 0.15) is 17.9 Å². The quantitative estimate of drug-likeness (QED) is 0.610. The molecule has 5 heteroatoms. The van der Waals surface area contributed by atoms with Gasteiger partial charge in [-0.2, -0.15) is 0 Å². The predicted molar refractivity (Wildman–Crippen MR) is 90.9 cm³/mol. The first-order valence-corrected chi connectivity index (χ1v) is 7.46. The molecule has 0 saturated heterocycles. The average Bonchev–Trinajstić information content (AvgIpc) is 2.95. The Kier molecular flexibility index (Phi) is 3.20. The molecule has 114 valence electrons. The molecule has 0 aliphatic heterocycles. The van der Waals surface area contributed by atoms with Crippen LogP contribution in [0.5, 0.6) is 0 Å². The van der Waals surface area contributed by atoms with E-state index in [9.17, 15) is 5.11 Å². The van der Waals surface area contributed by atoms with Gasteiger partial charge < -0.3 is 15.4 Å². The Labute approximate surface area is 133 Å². The maximum absolute atomic E-state index is 9.72. The third kappa shape index (κ3) is 2.22. The van der Waals surface area contributed by atoms with E-state index in [2.05, 4.69) is 22.1 Å². The number of imidazole rings is 1. The summed E-state index contributed by atoms with van der Waals surface area (Å²) in [6, 6.07) is 17.9. The Morgan fingerprint density at radius 3 is 2.48 bits per heavy atom. The number of nitrogen functional groups attached to an aromatic ring is 1. The Balaban J connectivity index is 2.04. The van der Waals surface area contributed by atoms with Gasteiger partial charge in [-0.15, -0.1) is 0 Å². The van der Waals surface area contributed by atoms with E-state index in [1.165, 1.54) is 0 Å². The SMILES string of the molecule is Nc1nc2ccccc2c2c1nc(CO)n2Cc1ccccc1. The van der Waals surface area contributed by atoms with Gasteiger partial charge in [-0.1, -0.05) is 48.5 Å². The van der Waals surface area contributed by atoms with Crippen LogP contribution in [0.4, 0.5) is 5.82 Å². The van der Waals surface area contributed by atoms with Gasteiger partial charge in [0.15, 0.2) is 5.82 Å². The van der Waals surface area contributed by atoms with Crippen LogP contribution in [0.15, 0.2) is 54.6 Å². The Morgan fingerprint density at radius 1 is 0.957 bits per heavy atom. The number of hydrogen-bond donors (Lipinski definition) is 2. The highest BCUT2D eigenvalue weighted by Gasteiger charge is 2.16. The van der Waals surface area contributed by atoms with Crippen molar-refractivity contribution in [3.63, 3.8) is 0 Å². The molecular formula is C18H16N4O. The first-order valence-electron chi connectivity index (χ1n) is 7.46. The van der Waals surface area contributed by atoms with E-state index in [1.54, 1.807) is 0 Å². The molecule has 0 saturated carbocycles. The Hall–Kier alpha value is -2.92. The number of aliphatic hydroxyl groups excluding tert-OH is 1. The third-order valence-electron chi connectivity index (χ3n) is 4.01. The fraction of sp³-hybridized carbons (Fsp3) is 0.111. The lowest BCUT2D eigenvalue weighted by Gasteiger charge is -2.10. The number of rotatable bonds is 3. The number of aromatic nitrogens is 3. The summed E-state index contributed by atoms with van der Waals surface area (Å²) in [5.74, 6) is 0.980. The Bertz CT molecular complexity index is 992. The van der Waals surface area contributed by atoms with E-state index < -0.39 is 0 Å². The third-order valence-corrected chi connectivity index (χ3v) is 4.01. The lowest BCUT2D eigenvalue weighted by atomic mass is 10.1. The van der Waals surface area contributed by atoms with E-state index in [0.29, 0.717) is 23.7 Å². The highest BCUT2D eigenvalue weighted by molar-refractivity contribution is 6.06. The zero-order valence-electron chi connectivity index (χ0n) is 12.5. The van der Waals surface area contributed by atoms with E-state index in [0.717, 1.165) is 22.0 Å². The largest absolute Gasteiger partial charge is 0.388 e. The second kappa shape index (κ2) is 5.37. The van der Waals surface area contributed by atoms with Crippen LogP contribution in [0.25, 0.3) is 21.9 Å². The van der Waals surface area contributed by atoms with Crippen LogP contribution in [0.1, 0.15) is 11.4 Å². The van der Waals surface area contributed by atoms with Crippen molar-refractivity contribution in [1.82, 2.24) is 14.5 Å². The molecule has 5 nitrogen and oxygen atoms in total. The zero-order chi connectivity index (χ0) is 15.8. The number of para-hydroxylation sites is 1. The lowest BCUT2D eigenvalue weighted by Crippen LogP contribution is -2.05. The van der Waals surface area contributed by atoms with E-state index in [-0.39, 0.29) is 6.61 Å². The van der Waals surface area contributed by atoms with E-state index >= 15 is 0 Å². The summed E-state index contributed by atoms with van der Waals surface area (Å²) < 4.78 is 2.02. The van der Waals surface area contributed by atoms with Gasteiger partial charge in [0, 0.05) is 11.9 Å². The zero-order valence-corrected chi connectivity index (χ0v) is 12.5. The summed E-state index contributed by atoms with van der Waals surface area (Å²) in [4.78, 5) is 8.92. The maximum atomic E-state index is 9.72. The van der Waals surface area contributed by atoms with Gasteiger partial charge in [-0.3, -0.25) is 0 Å². The van der Waals surface area contributed by atoms with Crippen LogP contribution in [-0.4, -0.2) is 19.6 Å². The number of nitrogens with zero attached hydrogens (tertiary/aromatic N) is 3. The Morgan fingerprint density at radius 2 is 1.70 bits per heavy atom. The number of pyridine rings is 1. The standard InChI is InChI=1S/C18H16N4O/c19-18-16-17(13-8-4-5-9-14(13)20-18)22(15(11-23)21-16)10-12-6-2-1-3-7-12/h1-9,23H,10-11H2,(H2,19,20). The topological polar surface area (TPSA) is 77.0 Å². The van der Waals surface area contributed by atoms with Gasteiger partial charge in [-0.05, 0) is 11.6 Å². The molecule has 4 aromatic rings. The summed E-state index contributed by atoms with van der Waals surface area (Å²) in [5, 5.41) is 10.7. The highest BCUT2D eigenvalue weighted by atomic mass is 16.3. The summed E-state index contributed by atoms with van der Waals surface area (Å²) in [6.07, 6.45) is 0. The van der Waals surface area contributed by atoms with Crippen LogP contribution in [0.2, 0.25) is 0 Å². The fourth-order valence-corrected chi connectivity index (χ4v) is 2.96. The molecule has 0 spiro atoms. The summed E-state index contributed by atoms with van der Waals surface area (Å²) in [6.45, 7) is 0.482. The molecule has 2 aromatic heterocycles. The molecule has 3 N–H and O–H groups in total. The highest BCUT2D eigenvalue weighted by Crippen LogP contribution is 2.29. The minimum atomic E-state index is -0.144. The van der Waals surface area contributed by atoms with Crippen LogP contribution in [0.3, 0.4) is 0 Å². The number of anilines is 1. The smallest absolute Gasteiger partial charge is 0.152 e. The summed E-state index contributed by atoms with van der Waals surface area (Å²) in [5.41, 5.74) is 9.61. The molecule has 2 heterocycles. The number of fused-ring (bicyclic) bond motifs is 3. The minimum absolute atomic E-state index is 0.144. The number of benzene rings is 2. The number of hydrogen-bond acceptors (Lipinski definition) is 4. The van der Waals surface area contributed by atoms with Crippen LogP contribution >= 0.6 is 0 Å². The van der Waals surface area contributed by atoms with Gasteiger partial charge in [0.25, 0.3) is 0 Å². The van der Waals surface area contributed by atoms with Crippen molar-refractivity contribution in [3.05, 3.63) is 66.0 Å². The van der Waals surface area contributed by atoms with Crippen molar-refractivity contribution in [1.29, 1.82) is 0 Å². The average molecular weight is 304 g/mol. The van der Waals surface area contributed by atoms with Crippen molar-refractivity contribution in [2.24, 2.45) is 0 Å². The molecule has 0 amide bonds. The second-order valence-electron chi connectivity index (χ2n) is 5.47. The molecule has 0 unspecified atom stereocenters. The number of aliphatic hydroxyl groups is 1. The normalized spacial score (nSPS) is 11.3. The van der Waals surface area contributed by atoms with Gasteiger partial charge in [0.05, 0.1) is 11.0 Å². The second-order valence-corrected chi connectivity index (χ2v) is 5.47. The molecule has 0 atom stereocenters. The minimum Gasteiger partial charge on any atom is -0.388 e. The monoisotopic (exact) mass is 304 g/mol. The van der Waals surface area contributed by atoms with Crippen molar-refractivity contribution in [2.75, 3.05) is 5.73 Å². The lowest BCUT2D eigenvalue weighted by molar-refractivity contribution is 0.267. The molecule has 0 fully saturated rings. The first-order chi connectivity index (χ1) is 11.3. The molecule has 4 rings (SSSR count). The molecule has 0 aliphatic rings. The van der Waals surface area contributed by atoms with Crippen LogP contribution in [0, 0.1) is 0 Å². The molecule has 0 aliphatic carbocycles.